The van der Waals surface area contributed by atoms with Gasteiger partial charge < -0.3 is 0 Å². The molecular formula is C9H8Cl2N4O2. The zero-order valence-corrected chi connectivity index (χ0v) is 10.5. The summed E-state index contributed by atoms with van der Waals surface area (Å²) in [5, 5.41) is 19.3. The molecule has 0 aromatic carbocycles. The first-order valence-electron chi connectivity index (χ1n) is 4.65. The Morgan fingerprint density at radius 1 is 1.41 bits per heavy atom. The Hall–Kier alpha value is -1.45. The van der Waals surface area contributed by atoms with Crippen LogP contribution in [0.5, 0.6) is 0 Å². The average Bonchev–Trinajstić information content (AvgIpc) is 2.15. The van der Waals surface area contributed by atoms with Crippen molar-refractivity contribution in [3.05, 3.63) is 26.2 Å². The number of nitro groups is 1. The quantitative estimate of drug-likeness (QED) is 0.366. The van der Waals surface area contributed by atoms with Gasteiger partial charge in [0, 0.05) is 0 Å². The summed E-state index contributed by atoms with van der Waals surface area (Å²) in [5.41, 5.74) is -0.506. The first kappa shape index (κ1) is 13.6. The maximum absolute atomic E-state index is 10.9. The van der Waals surface area contributed by atoms with Crippen LogP contribution in [0.3, 0.4) is 0 Å². The number of nitrogens with zero attached hydrogens (tertiary/aromatic N) is 4. The van der Waals surface area contributed by atoms with Gasteiger partial charge in [0.2, 0.25) is 10.4 Å². The van der Waals surface area contributed by atoms with Crippen LogP contribution in [0.25, 0.3) is 0 Å². The van der Waals surface area contributed by atoms with Gasteiger partial charge in [0.05, 0.1) is 16.9 Å². The molecule has 0 fully saturated rings. The van der Waals surface area contributed by atoms with Crippen LogP contribution >= 0.6 is 23.2 Å². The van der Waals surface area contributed by atoms with Crippen LogP contribution < -0.4 is 0 Å². The van der Waals surface area contributed by atoms with Crippen LogP contribution in [0, 0.1) is 27.4 Å². The SMILES string of the molecule is CC(C)C(C#N)c1nc(Cl)nc(Cl)c1[N+](=O)[O-]. The molecule has 1 heterocycles. The van der Waals surface area contributed by atoms with Gasteiger partial charge in [-0.3, -0.25) is 10.1 Å². The molecule has 6 nitrogen and oxygen atoms in total. The summed E-state index contributed by atoms with van der Waals surface area (Å²) >= 11 is 11.2. The molecule has 0 N–H and O–H groups in total. The first-order valence-corrected chi connectivity index (χ1v) is 5.41. The van der Waals surface area contributed by atoms with E-state index in [1.165, 1.54) is 0 Å². The fraction of sp³-hybridized carbons (Fsp3) is 0.444. The molecule has 1 unspecified atom stereocenters. The molecule has 0 amide bonds. The van der Waals surface area contributed by atoms with Gasteiger partial charge in [-0.15, -0.1) is 0 Å². The van der Waals surface area contributed by atoms with Crippen molar-refractivity contribution in [1.82, 2.24) is 9.97 Å². The van der Waals surface area contributed by atoms with Gasteiger partial charge in [-0.05, 0) is 17.5 Å². The summed E-state index contributed by atoms with van der Waals surface area (Å²) in [5.74, 6) is -0.908. The molecule has 0 radical (unpaired) electrons. The Morgan fingerprint density at radius 3 is 2.41 bits per heavy atom. The third kappa shape index (κ3) is 2.81. The fourth-order valence-corrected chi connectivity index (χ4v) is 1.79. The van der Waals surface area contributed by atoms with E-state index in [1.54, 1.807) is 13.8 Å². The first-order chi connectivity index (χ1) is 7.88. The molecule has 90 valence electrons. The molecule has 0 aliphatic heterocycles. The third-order valence-electron chi connectivity index (χ3n) is 2.12. The highest BCUT2D eigenvalue weighted by Crippen LogP contribution is 2.34. The molecule has 0 aliphatic carbocycles. The Labute approximate surface area is 107 Å². The topological polar surface area (TPSA) is 92.7 Å². The second kappa shape index (κ2) is 5.25. The van der Waals surface area contributed by atoms with Crippen LogP contribution in [0.2, 0.25) is 10.4 Å². The van der Waals surface area contributed by atoms with Crippen molar-refractivity contribution >= 4 is 28.9 Å². The Balaban J connectivity index is 3.50. The Kier molecular flexibility index (Phi) is 4.21. The Bertz CT molecular complexity index is 499. The lowest BCUT2D eigenvalue weighted by Crippen LogP contribution is -2.11. The Morgan fingerprint density at radius 2 is 2.00 bits per heavy atom. The molecule has 0 saturated heterocycles. The minimum Gasteiger partial charge on any atom is -0.258 e. The summed E-state index contributed by atoms with van der Waals surface area (Å²) in [7, 11) is 0. The molecule has 0 saturated carbocycles. The second-order valence-electron chi connectivity index (χ2n) is 3.63. The number of nitriles is 1. The van der Waals surface area contributed by atoms with Gasteiger partial charge >= 0.3 is 5.69 Å². The molecular weight excluding hydrogens is 267 g/mol. The van der Waals surface area contributed by atoms with Crippen molar-refractivity contribution in [3.8, 4) is 6.07 Å². The highest BCUT2D eigenvalue weighted by molar-refractivity contribution is 6.33. The van der Waals surface area contributed by atoms with Crippen LogP contribution in [-0.2, 0) is 0 Å². The van der Waals surface area contributed by atoms with E-state index in [2.05, 4.69) is 9.97 Å². The van der Waals surface area contributed by atoms with Gasteiger partial charge in [-0.2, -0.15) is 10.2 Å². The van der Waals surface area contributed by atoms with Crippen LogP contribution in [0.4, 0.5) is 5.69 Å². The van der Waals surface area contributed by atoms with E-state index in [-0.39, 0.29) is 22.0 Å². The summed E-state index contributed by atoms with van der Waals surface area (Å²) in [6.07, 6.45) is 0. The predicted molar refractivity (Wildman–Crippen MR) is 61.9 cm³/mol. The van der Waals surface area contributed by atoms with Crippen LogP contribution in [0.15, 0.2) is 0 Å². The molecule has 0 aliphatic rings. The number of hydrogen-bond acceptors (Lipinski definition) is 5. The van der Waals surface area contributed by atoms with Gasteiger partial charge in [0.15, 0.2) is 0 Å². The largest absolute Gasteiger partial charge is 0.329 e. The van der Waals surface area contributed by atoms with Gasteiger partial charge in [-0.25, -0.2) is 4.98 Å². The number of aromatic nitrogens is 2. The maximum Gasteiger partial charge on any atom is 0.329 e. The normalized spacial score (nSPS) is 12.2. The lowest BCUT2D eigenvalue weighted by molar-refractivity contribution is -0.386. The monoisotopic (exact) mass is 274 g/mol. The maximum atomic E-state index is 10.9. The minimum absolute atomic E-state index is 0.0440. The zero-order valence-electron chi connectivity index (χ0n) is 9.02. The van der Waals surface area contributed by atoms with Gasteiger partial charge in [-0.1, -0.05) is 25.4 Å². The van der Waals surface area contributed by atoms with Crippen LogP contribution in [0.1, 0.15) is 25.5 Å². The molecule has 8 heteroatoms. The predicted octanol–water partition coefficient (Wildman–Crippen LogP) is 2.95. The third-order valence-corrected chi connectivity index (χ3v) is 2.56. The molecule has 1 rings (SSSR count). The zero-order chi connectivity index (χ0) is 13.2. The van der Waals surface area contributed by atoms with Crippen molar-refractivity contribution in [3.63, 3.8) is 0 Å². The number of halogens is 2. The summed E-state index contributed by atoms with van der Waals surface area (Å²) in [6, 6.07) is 1.96. The lowest BCUT2D eigenvalue weighted by atomic mass is 9.93. The van der Waals surface area contributed by atoms with E-state index in [9.17, 15) is 10.1 Å². The summed E-state index contributed by atoms with van der Waals surface area (Å²) in [4.78, 5) is 17.4. The van der Waals surface area contributed by atoms with E-state index >= 15 is 0 Å². The van der Waals surface area contributed by atoms with E-state index in [0.29, 0.717) is 0 Å². The molecule has 1 aromatic heterocycles. The standard InChI is InChI=1S/C9H8Cl2N4O2/c1-4(2)5(3-12)6-7(15(16)17)8(10)14-9(11)13-6/h4-5H,1-2H3. The van der Waals surface area contributed by atoms with Gasteiger partial charge in [0.25, 0.3) is 0 Å². The van der Waals surface area contributed by atoms with Crippen molar-refractivity contribution in [1.29, 1.82) is 5.26 Å². The van der Waals surface area contributed by atoms with E-state index in [0.717, 1.165) is 0 Å². The fourth-order valence-electron chi connectivity index (χ4n) is 1.33. The summed E-state index contributed by atoms with van der Waals surface area (Å²) < 4.78 is 0. The van der Waals surface area contributed by atoms with E-state index in [1.807, 2.05) is 6.07 Å². The number of hydrogen-bond donors (Lipinski definition) is 0. The summed E-state index contributed by atoms with van der Waals surface area (Å²) in [6.45, 7) is 3.50. The van der Waals surface area contributed by atoms with Crippen molar-refractivity contribution in [2.45, 2.75) is 19.8 Å². The van der Waals surface area contributed by atoms with E-state index < -0.39 is 16.5 Å². The van der Waals surface area contributed by atoms with Crippen molar-refractivity contribution < 1.29 is 4.92 Å². The molecule has 0 bridgehead atoms. The lowest BCUT2D eigenvalue weighted by Gasteiger charge is -2.12. The average molecular weight is 275 g/mol. The van der Waals surface area contributed by atoms with Crippen molar-refractivity contribution in [2.75, 3.05) is 0 Å². The molecule has 17 heavy (non-hydrogen) atoms. The highest BCUT2D eigenvalue weighted by Gasteiger charge is 2.30. The second-order valence-corrected chi connectivity index (χ2v) is 4.32. The van der Waals surface area contributed by atoms with E-state index in [4.69, 9.17) is 28.5 Å². The highest BCUT2D eigenvalue weighted by atomic mass is 35.5. The van der Waals surface area contributed by atoms with Gasteiger partial charge in [0.1, 0.15) is 5.69 Å². The molecule has 0 spiro atoms. The number of rotatable bonds is 3. The smallest absolute Gasteiger partial charge is 0.258 e. The molecule has 1 atom stereocenters. The van der Waals surface area contributed by atoms with Crippen molar-refractivity contribution in [2.24, 2.45) is 5.92 Å². The molecule has 1 aromatic rings. The van der Waals surface area contributed by atoms with Crippen LogP contribution in [-0.4, -0.2) is 14.9 Å². The minimum atomic E-state index is -0.756.